The van der Waals surface area contributed by atoms with E-state index in [9.17, 15) is 4.79 Å². The summed E-state index contributed by atoms with van der Waals surface area (Å²) < 4.78 is 1.86. The zero-order chi connectivity index (χ0) is 13.3. The lowest BCUT2D eigenvalue weighted by atomic mass is 10.3. The summed E-state index contributed by atoms with van der Waals surface area (Å²) in [6.45, 7) is 4.77. The fourth-order valence-corrected chi connectivity index (χ4v) is 4.40. The SMILES string of the molecule is Cc1cc(CNC(=O)c2cc(Br)c(Br)s2)sc1C. The number of nitrogens with one attached hydrogen (secondary N) is 1. The molecular formula is C12H11Br2NOS2. The number of halogens is 2. The van der Waals surface area contributed by atoms with Gasteiger partial charge in [0.05, 0.1) is 15.2 Å². The summed E-state index contributed by atoms with van der Waals surface area (Å²) in [4.78, 5) is 15.1. The van der Waals surface area contributed by atoms with Crippen molar-refractivity contribution in [3.05, 3.63) is 40.6 Å². The van der Waals surface area contributed by atoms with Crippen LogP contribution >= 0.6 is 54.5 Å². The van der Waals surface area contributed by atoms with Gasteiger partial charge < -0.3 is 5.32 Å². The summed E-state index contributed by atoms with van der Waals surface area (Å²) in [7, 11) is 0. The van der Waals surface area contributed by atoms with Gasteiger partial charge in [-0.1, -0.05) is 0 Å². The van der Waals surface area contributed by atoms with Crippen molar-refractivity contribution < 1.29 is 4.79 Å². The Hall–Kier alpha value is -0.170. The Morgan fingerprint density at radius 2 is 2.00 bits per heavy atom. The Kier molecular flexibility index (Phi) is 4.64. The van der Waals surface area contributed by atoms with Crippen molar-refractivity contribution in [1.82, 2.24) is 5.32 Å². The maximum atomic E-state index is 11.9. The molecule has 0 unspecified atom stereocenters. The van der Waals surface area contributed by atoms with Crippen molar-refractivity contribution in [3.63, 3.8) is 0 Å². The summed E-state index contributed by atoms with van der Waals surface area (Å²) in [5, 5.41) is 2.94. The Morgan fingerprint density at radius 3 is 2.50 bits per heavy atom. The summed E-state index contributed by atoms with van der Waals surface area (Å²) >= 11 is 9.92. The van der Waals surface area contributed by atoms with Crippen molar-refractivity contribution in [2.75, 3.05) is 0 Å². The average Bonchev–Trinajstić information content (AvgIpc) is 2.81. The number of thiophene rings is 2. The molecule has 6 heteroatoms. The van der Waals surface area contributed by atoms with E-state index >= 15 is 0 Å². The van der Waals surface area contributed by atoms with Crippen LogP contribution in [0, 0.1) is 13.8 Å². The third-order valence-corrected chi connectivity index (χ3v) is 6.92. The van der Waals surface area contributed by atoms with Gasteiger partial charge in [-0.15, -0.1) is 22.7 Å². The van der Waals surface area contributed by atoms with Gasteiger partial charge in [0.25, 0.3) is 5.91 Å². The molecule has 0 fully saturated rings. The van der Waals surface area contributed by atoms with Crippen LogP contribution in [-0.4, -0.2) is 5.91 Å². The fourth-order valence-electron chi connectivity index (χ4n) is 1.45. The first-order chi connectivity index (χ1) is 8.47. The van der Waals surface area contributed by atoms with E-state index in [2.05, 4.69) is 57.1 Å². The molecule has 18 heavy (non-hydrogen) atoms. The molecule has 96 valence electrons. The van der Waals surface area contributed by atoms with Gasteiger partial charge in [0.15, 0.2) is 0 Å². The lowest BCUT2D eigenvalue weighted by Crippen LogP contribution is -2.21. The molecule has 2 heterocycles. The predicted molar refractivity (Wildman–Crippen MR) is 84.7 cm³/mol. The van der Waals surface area contributed by atoms with Crippen LogP contribution in [0.2, 0.25) is 0 Å². The van der Waals surface area contributed by atoms with Crippen LogP contribution in [0.4, 0.5) is 0 Å². The van der Waals surface area contributed by atoms with Crippen LogP contribution in [0.3, 0.4) is 0 Å². The molecule has 0 aliphatic heterocycles. The molecule has 2 rings (SSSR count). The third-order valence-electron chi connectivity index (χ3n) is 2.51. The van der Waals surface area contributed by atoms with Gasteiger partial charge in [-0.05, 0) is 63.4 Å². The molecular weight excluding hydrogens is 398 g/mol. The molecule has 1 N–H and O–H groups in total. The first-order valence-corrected chi connectivity index (χ1v) is 8.48. The molecule has 1 amide bonds. The van der Waals surface area contributed by atoms with Crippen molar-refractivity contribution >= 4 is 60.4 Å². The van der Waals surface area contributed by atoms with Crippen LogP contribution in [-0.2, 0) is 6.54 Å². The topological polar surface area (TPSA) is 29.1 Å². The van der Waals surface area contributed by atoms with Crippen LogP contribution < -0.4 is 5.32 Å². The molecule has 0 bridgehead atoms. The molecule has 2 nitrogen and oxygen atoms in total. The fraction of sp³-hybridized carbons (Fsp3) is 0.250. The number of carbonyl (C=O) groups excluding carboxylic acids is 1. The number of rotatable bonds is 3. The number of amides is 1. The smallest absolute Gasteiger partial charge is 0.261 e. The van der Waals surface area contributed by atoms with E-state index in [4.69, 9.17) is 0 Å². The first kappa shape index (κ1) is 14.2. The van der Waals surface area contributed by atoms with E-state index < -0.39 is 0 Å². The van der Waals surface area contributed by atoms with E-state index in [1.165, 1.54) is 26.7 Å². The summed E-state index contributed by atoms with van der Waals surface area (Å²) in [5.41, 5.74) is 1.28. The van der Waals surface area contributed by atoms with Crippen LogP contribution in [0.15, 0.2) is 20.4 Å². The highest BCUT2D eigenvalue weighted by atomic mass is 79.9. The minimum absolute atomic E-state index is 0.0323. The molecule has 0 spiro atoms. The quantitative estimate of drug-likeness (QED) is 0.770. The van der Waals surface area contributed by atoms with E-state index in [1.54, 1.807) is 11.3 Å². The van der Waals surface area contributed by atoms with Gasteiger partial charge in [0, 0.05) is 14.2 Å². The predicted octanol–water partition coefficient (Wildman–Crippen LogP) is 4.88. The van der Waals surface area contributed by atoms with Gasteiger partial charge in [-0.25, -0.2) is 0 Å². The molecule has 0 aliphatic carbocycles. The van der Waals surface area contributed by atoms with Crippen molar-refractivity contribution in [1.29, 1.82) is 0 Å². The van der Waals surface area contributed by atoms with E-state index in [0.29, 0.717) is 11.4 Å². The minimum Gasteiger partial charge on any atom is -0.346 e. The van der Waals surface area contributed by atoms with Gasteiger partial charge >= 0.3 is 0 Å². The first-order valence-electron chi connectivity index (χ1n) is 5.26. The molecule has 0 saturated carbocycles. The highest BCUT2D eigenvalue weighted by Gasteiger charge is 2.12. The second-order valence-electron chi connectivity index (χ2n) is 3.87. The Labute approximate surface area is 131 Å². The molecule has 0 radical (unpaired) electrons. The second-order valence-corrected chi connectivity index (χ2v) is 8.43. The van der Waals surface area contributed by atoms with Gasteiger partial charge in [0.2, 0.25) is 0 Å². The number of aryl methyl sites for hydroxylation is 2. The maximum absolute atomic E-state index is 11.9. The minimum atomic E-state index is -0.0323. The molecule has 0 aromatic carbocycles. The lowest BCUT2D eigenvalue weighted by molar-refractivity contribution is 0.0955. The van der Waals surface area contributed by atoms with Gasteiger partial charge in [-0.3, -0.25) is 4.79 Å². The molecule has 2 aromatic rings. The summed E-state index contributed by atoms with van der Waals surface area (Å²) in [6, 6.07) is 3.95. The standard InChI is InChI=1S/C12H11Br2NOS2/c1-6-3-8(17-7(6)2)5-15-12(16)10-4-9(13)11(14)18-10/h3-4H,5H2,1-2H3,(H,15,16). The van der Waals surface area contributed by atoms with E-state index in [1.807, 2.05) is 6.07 Å². The van der Waals surface area contributed by atoms with E-state index in [-0.39, 0.29) is 5.91 Å². The monoisotopic (exact) mass is 407 g/mol. The van der Waals surface area contributed by atoms with Crippen molar-refractivity contribution in [2.24, 2.45) is 0 Å². The van der Waals surface area contributed by atoms with Crippen LogP contribution in [0.5, 0.6) is 0 Å². The maximum Gasteiger partial charge on any atom is 0.261 e. The third kappa shape index (κ3) is 3.23. The Bertz CT molecular complexity index is 550. The zero-order valence-electron chi connectivity index (χ0n) is 9.84. The second kappa shape index (κ2) is 5.86. The molecule has 0 aliphatic rings. The summed E-state index contributed by atoms with van der Waals surface area (Å²) in [5.74, 6) is -0.0323. The zero-order valence-corrected chi connectivity index (χ0v) is 14.6. The normalized spacial score (nSPS) is 10.7. The number of hydrogen-bond donors (Lipinski definition) is 1. The lowest BCUT2D eigenvalue weighted by Gasteiger charge is -2.00. The van der Waals surface area contributed by atoms with Crippen molar-refractivity contribution in [3.8, 4) is 0 Å². The molecule has 0 atom stereocenters. The molecule has 0 saturated heterocycles. The number of hydrogen-bond acceptors (Lipinski definition) is 3. The van der Waals surface area contributed by atoms with Gasteiger partial charge in [-0.2, -0.15) is 0 Å². The van der Waals surface area contributed by atoms with E-state index in [0.717, 1.165) is 8.26 Å². The highest BCUT2D eigenvalue weighted by Crippen LogP contribution is 2.32. The molecule has 2 aromatic heterocycles. The van der Waals surface area contributed by atoms with Crippen LogP contribution in [0.25, 0.3) is 0 Å². The van der Waals surface area contributed by atoms with Gasteiger partial charge in [0.1, 0.15) is 0 Å². The average molecular weight is 409 g/mol. The number of carbonyl (C=O) groups is 1. The van der Waals surface area contributed by atoms with Crippen LogP contribution in [0.1, 0.15) is 25.0 Å². The van der Waals surface area contributed by atoms with Crippen molar-refractivity contribution in [2.45, 2.75) is 20.4 Å². The Balaban J connectivity index is 2.00. The Morgan fingerprint density at radius 1 is 1.28 bits per heavy atom. The highest BCUT2D eigenvalue weighted by molar-refractivity contribution is 9.13. The largest absolute Gasteiger partial charge is 0.346 e. The summed E-state index contributed by atoms with van der Waals surface area (Å²) in [6.07, 6.45) is 0.